The molecule has 16 heavy (non-hydrogen) atoms. The van der Waals surface area contributed by atoms with Crippen LogP contribution in [0.25, 0.3) is 11.1 Å². The highest BCUT2D eigenvalue weighted by Gasteiger charge is 2.13. The van der Waals surface area contributed by atoms with Gasteiger partial charge in [-0.05, 0) is 39.4 Å². The highest BCUT2D eigenvalue weighted by molar-refractivity contribution is 7.10. The lowest BCUT2D eigenvalue weighted by Gasteiger charge is -2.02. The van der Waals surface area contributed by atoms with Crippen LogP contribution < -0.4 is 5.73 Å². The molecule has 0 bridgehead atoms. The summed E-state index contributed by atoms with van der Waals surface area (Å²) in [7, 11) is 0. The molecular formula is C11H11NO2S2. The molecule has 1 atom stereocenters. The van der Waals surface area contributed by atoms with Gasteiger partial charge in [-0.15, -0.1) is 11.3 Å². The third kappa shape index (κ3) is 2.49. The van der Waals surface area contributed by atoms with Crippen molar-refractivity contribution in [3.8, 4) is 11.1 Å². The first-order valence-corrected chi connectivity index (χ1v) is 6.57. The van der Waals surface area contributed by atoms with Crippen molar-refractivity contribution >= 4 is 28.6 Å². The summed E-state index contributed by atoms with van der Waals surface area (Å²) in [5.41, 5.74) is 7.80. The van der Waals surface area contributed by atoms with Gasteiger partial charge in [-0.2, -0.15) is 11.3 Å². The Morgan fingerprint density at radius 2 is 2.25 bits per heavy atom. The van der Waals surface area contributed by atoms with Gasteiger partial charge < -0.3 is 10.8 Å². The molecule has 2 heterocycles. The fourth-order valence-corrected chi connectivity index (χ4v) is 2.99. The zero-order chi connectivity index (χ0) is 11.5. The number of hydrogen-bond acceptors (Lipinski definition) is 4. The molecule has 3 nitrogen and oxygen atoms in total. The molecule has 0 radical (unpaired) electrons. The van der Waals surface area contributed by atoms with Crippen molar-refractivity contribution in [3.05, 3.63) is 33.2 Å². The second-order valence-corrected chi connectivity index (χ2v) is 5.24. The summed E-state index contributed by atoms with van der Waals surface area (Å²) in [5, 5.41) is 14.8. The van der Waals surface area contributed by atoms with E-state index in [2.05, 4.69) is 5.38 Å². The molecule has 2 aromatic rings. The van der Waals surface area contributed by atoms with Crippen LogP contribution in [0.2, 0.25) is 0 Å². The zero-order valence-electron chi connectivity index (χ0n) is 8.42. The number of thiophene rings is 2. The molecule has 0 aliphatic heterocycles. The number of carboxylic acids is 1. The van der Waals surface area contributed by atoms with Crippen LogP contribution in [0, 0.1) is 0 Å². The van der Waals surface area contributed by atoms with Crippen LogP contribution in [0.1, 0.15) is 4.88 Å². The molecule has 0 amide bonds. The second kappa shape index (κ2) is 4.78. The number of aliphatic carboxylic acids is 1. The monoisotopic (exact) mass is 253 g/mol. The lowest BCUT2D eigenvalue weighted by Crippen LogP contribution is -2.31. The Labute approximate surface area is 101 Å². The Hall–Kier alpha value is -1.17. The van der Waals surface area contributed by atoms with Crippen LogP contribution in [0.5, 0.6) is 0 Å². The van der Waals surface area contributed by atoms with Gasteiger partial charge in [0.15, 0.2) is 0 Å². The Morgan fingerprint density at radius 1 is 1.44 bits per heavy atom. The predicted molar refractivity (Wildman–Crippen MR) is 66.9 cm³/mol. The van der Waals surface area contributed by atoms with Crippen LogP contribution in [-0.2, 0) is 11.2 Å². The van der Waals surface area contributed by atoms with Gasteiger partial charge in [0.05, 0.1) is 0 Å². The highest BCUT2D eigenvalue weighted by atomic mass is 32.1. The Balaban J connectivity index is 2.11. The van der Waals surface area contributed by atoms with Gasteiger partial charge >= 0.3 is 5.97 Å². The Bertz CT molecular complexity index is 476. The third-order valence-electron chi connectivity index (χ3n) is 2.25. The smallest absolute Gasteiger partial charge is 0.320 e. The fourth-order valence-electron chi connectivity index (χ4n) is 1.37. The molecule has 0 saturated carbocycles. The van der Waals surface area contributed by atoms with E-state index in [1.165, 1.54) is 5.56 Å². The lowest BCUT2D eigenvalue weighted by molar-refractivity contribution is -0.138. The van der Waals surface area contributed by atoms with Gasteiger partial charge in [-0.1, -0.05) is 0 Å². The summed E-state index contributed by atoms with van der Waals surface area (Å²) < 4.78 is 0. The molecule has 0 aromatic carbocycles. The first-order valence-electron chi connectivity index (χ1n) is 4.75. The third-order valence-corrected chi connectivity index (χ3v) is 3.89. The van der Waals surface area contributed by atoms with Gasteiger partial charge in [0, 0.05) is 11.3 Å². The van der Waals surface area contributed by atoms with Crippen LogP contribution in [-0.4, -0.2) is 17.1 Å². The largest absolute Gasteiger partial charge is 0.480 e. The second-order valence-electron chi connectivity index (χ2n) is 3.46. The first-order chi connectivity index (χ1) is 7.66. The molecule has 1 unspecified atom stereocenters. The standard InChI is InChI=1S/C11H11NO2S2/c12-10(11(13)14)4-9-3-8(6-16-9)7-1-2-15-5-7/h1-3,5-6,10H,4,12H2,(H,13,14). The highest BCUT2D eigenvalue weighted by Crippen LogP contribution is 2.27. The van der Waals surface area contributed by atoms with Crippen LogP contribution in [0.4, 0.5) is 0 Å². The number of carboxylic acid groups (broad SMARTS) is 1. The van der Waals surface area contributed by atoms with E-state index < -0.39 is 12.0 Å². The molecule has 2 rings (SSSR count). The Morgan fingerprint density at radius 3 is 2.88 bits per heavy atom. The van der Waals surface area contributed by atoms with E-state index in [4.69, 9.17) is 10.8 Å². The minimum atomic E-state index is -0.953. The van der Waals surface area contributed by atoms with E-state index in [0.29, 0.717) is 6.42 Å². The van der Waals surface area contributed by atoms with E-state index in [-0.39, 0.29) is 0 Å². The Kier molecular flexibility index (Phi) is 3.38. The molecule has 0 saturated heterocycles. The summed E-state index contributed by atoms with van der Waals surface area (Å²) in [6, 6.07) is 3.25. The average molecular weight is 253 g/mol. The number of carbonyl (C=O) groups is 1. The predicted octanol–water partition coefficient (Wildman–Crippen LogP) is 2.43. The van der Waals surface area contributed by atoms with Crippen LogP contribution >= 0.6 is 22.7 Å². The SMILES string of the molecule is NC(Cc1cc(-c2ccsc2)cs1)C(=O)O. The van der Waals surface area contributed by atoms with E-state index in [1.54, 1.807) is 22.7 Å². The van der Waals surface area contributed by atoms with Crippen LogP contribution in [0.3, 0.4) is 0 Å². The number of hydrogen-bond donors (Lipinski definition) is 2. The molecule has 0 aliphatic carbocycles. The van der Waals surface area contributed by atoms with Crippen molar-refractivity contribution in [2.45, 2.75) is 12.5 Å². The van der Waals surface area contributed by atoms with Crippen LogP contribution in [0.15, 0.2) is 28.3 Å². The minimum Gasteiger partial charge on any atom is -0.480 e. The molecule has 5 heteroatoms. The summed E-state index contributed by atoms with van der Waals surface area (Å²) in [6.07, 6.45) is 0.393. The van der Waals surface area contributed by atoms with E-state index in [1.807, 2.05) is 22.9 Å². The number of rotatable bonds is 4. The fraction of sp³-hybridized carbons (Fsp3) is 0.182. The van der Waals surface area contributed by atoms with Crippen molar-refractivity contribution in [3.63, 3.8) is 0 Å². The first kappa shape index (κ1) is 11.3. The molecule has 0 spiro atoms. The van der Waals surface area contributed by atoms with Crippen molar-refractivity contribution in [1.29, 1.82) is 0 Å². The zero-order valence-corrected chi connectivity index (χ0v) is 10.1. The molecule has 2 aromatic heterocycles. The summed E-state index contributed by atoms with van der Waals surface area (Å²) in [4.78, 5) is 11.6. The average Bonchev–Trinajstić information content (AvgIpc) is 2.85. The molecule has 0 fully saturated rings. The molecular weight excluding hydrogens is 242 g/mol. The summed E-state index contributed by atoms with van der Waals surface area (Å²) in [5.74, 6) is -0.953. The molecule has 3 N–H and O–H groups in total. The maximum atomic E-state index is 10.6. The van der Waals surface area contributed by atoms with E-state index >= 15 is 0 Å². The van der Waals surface area contributed by atoms with E-state index in [0.717, 1.165) is 10.4 Å². The normalized spacial score (nSPS) is 12.6. The topological polar surface area (TPSA) is 63.3 Å². The number of nitrogens with two attached hydrogens (primary N) is 1. The van der Waals surface area contributed by atoms with Gasteiger partial charge in [-0.3, -0.25) is 4.79 Å². The lowest BCUT2D eigenvalue weighted by atomic mass is 10.1. The van der Waals surface area contributed by atoms with Crippen molar-refractivity contribution < 1.29 is 9.90 Å². The van der Waals surface area contributed by atoms with E-state index in [9.17, 15) is 4.79 Å². The van der Waals surface area contributed by atoms with Gasteiger partial charge in [0.25, 0.3) is 0 Å². The summed E-state index contributed by atoms with van der Waals surface area (Å²) in [6.45, 7) is 0. The van der Waals surface area contributed by atoms with Gasteiger partial charge in [-0.25, -0.2) is 0 Å². The van der Waals surface area contributed by atoms with Gasteiger partial charge in [0.2, 0.25) is 0 Å². The minimum absolute atomic E-state index is 0.393. The maximum Gasteiger partial charge on any atom is 0.320 e. The quantitative estimate of drug-likeness (QED) is 0.879. The maximum absolute atomic E-state index is 10.6. The van der Waals surface area contributed by atoms with Crippen molar-refractivity contribution in [2.24, 2.45) is 5.73 Å². The van der Waals surface area contributed by atoms with Gasteiger partial charge in [0.1, 0.15) is 6.04 Å². The van der Waals surface area contributed by atoms with Crippen molar-refractivity contribution in [2.75, 3.05) is 0 Å². The summed E-state index contributed by atoms with van der Waals surface area (Å²) >= 11 is 3.20. The van der Waals surface area contributed by atoms with Crippen molar-refractivity contribution in [1.82, 2.24) is 0 Å². The molecule has 0 aliphatic rings. The molecule has 84 valence electrons.